The van der Waals surface area contributed by atoms with Gasteiger partial charge in [-0.15, -0.1) is 11.3 Å². The summed E-state index contributed by atoms with van der Waals surface area (Å²) in [5.74, 6) is -0.206. The van der Waals surface area contributed by atoms with Crippen molar-refractivity contribution in [2.24, 2.45) is 0 Å². The lowest BCUT2D eigenvalue weighted by molar-refractivity contribution is 0.0674. The maximum absolute atomic E-state index is 13.1. The molecule has 26 heavy (non-hydrogen) atoms. The van der Waals surface area contributed by atoms with Crippen molar-refractivity contribution in [2.75, 3.05) is 26.2 Å². The van der Waals surface area contributed by atoms with E-state index in [1.807, 2.05) is 0 Å². The third-order valence-corrected chi connectivity index (χ3v) is 7.97. The second-order valence-corrected chi connectivity index (χ2v) is 9.47. The van der Waals surface area contributed by atoms with Crippen LogP contribution in [0.5, 0.6) is 0 Å². The summed E-state index contributed by atoms with van der Waals surface area (Å²) in [6.07, 6.45) is 6.68. The van der Waals surface area contributed by atoms with E-state index >= 15 is 0 Å². The Balaban J connectivity index is 1.56. The molecule has 2 aliphatic rings. The molecule has 0 bridgehead atoms. The van der Waals surface area contributed by atoms with Gasteiger partial charge in [0.25, 0.3) is 5.91 Å². The topological polar surface area (TPSA) is 88.4 Å². The maximum Gasteiger partial charge on any atom is 0.265 e. The van der Waals surface area contributed by atoms with Gasteiger partial charge in [-0.3, -0.25) is 4.79 Å². The smallest absolute Gasteiger partial charge is 0.265 e. The number of aromatic nitrogens is 3. The lowest BCUT2D eigenvalue weighted by Gasteiger charge is -2.32. The van der Waals surface area contributed by atoms with Crippen LogP contribution >= 0.6 is 11.3 Å². The highest BCUT2D eigenvalue weighted by Crippen LogP contribution is 2.30. The Bertz CT molecular complexity index is 872. The van der Waals surface area contributed by atoms with Crippen LogP contribution in [0, 0.1) is 0 Å². The number of piperidine rings is 1. The van der Waals surface area contributed by atoms with Crippen molar-refractivity contribution in [2.45, 2.75) is 36.6 Å². The van der Waals surface area contributed by atoms with Gasteiger partial charge in [0.15, 0.2) is 0 Å². The Labute approximate surface area is 156 Å². The minimum atomic E-state index is -3.60. The molecular weight excluding hydrogens is 374 g/mol. The van der Waals surface area contributed by atoms with E-state index in [1.165, 1.54) is 22.0 Å². The van der Waals surface area contributed by atoms with Crippen molar-refractivity contribution in [3.63, 3.8) is 0 Å². The molecule has 4 rings (SSSR count). The Hall–Kier alpha value is -1.78. The lowest BCUT2D eigenvalue weighted by Crippen LogP contribution is -2.41. The Morgan fingerprint density at radius 1 is 1.19 bits per heavy atom. The molecule has 1 amide bonds. The van der Waals surface area contributed by atoms with Crippen LogP contribution in [0.25, 0.3) is 0 Å². The largest absolute Gasteiger partial charge is 0.336 e. The highest BCUT2D eigenvalue weighted by atomic mass is 32.2. The van der Waals surface area contributed by atoms with Crippen LogP contribution in [0.15, 0.2) is 29.0 Å². The molecule has 0 N–H and O–H groups in total. The van der Waals surface area contributed by atoms with Crippen molar-refractivity contribution in [1.82, 2.24) is 24.0 Å². The van der Waals surface area contributed by atoms with Gasteiger partial charge < -0.3 is 4.90 Å². The van der Waals surface area contributed by atoms with Crippen LogP contribution in [-0.4, -0.2) is 64.5 Å². The molecule has 2 aliphatic heterocycles. The van der Waals surface area contributed by atoms with Gasteiger partial charge in [-0.25, -0.2) is 18.1 Å². The summed E-state index contributed by atoms with van der Waals surface area (Å²) >= 11 is 1.20. The monoisotopic (exact) mass is 395 g/mol. The van der Waals surface area contributed by atoms with Crippen LogP contribution in [0.1, 0.15) is 41.4 Å². The molecule has 140 valence electrons. The zero-order valence-corrected chi connectivity index (χ0v) is 16.0. The average Bonchev–Trinajstić information content (AvgIpc) is 3.43. The molecule has 0 aliphatic carbocycles. The zero-order valence-electron chi connectivity index (χ0n) is 14.3. The first-order chi connectivity index (χ1) is 12.6. The Kier molecular flexibility index (Phi) is 4.80. The van der Waals surface area contributed by atoms with Crippen LogP contribution in [0.2, 0.25) is 0 Å². The minimum absolute atomic E-state index is 0.0776. The molecule has 2 aromatic rings. The number of rotatable bonds is 4. The zero-order chi connectivity index (χ0) is 18.1. The van der Waals surface area contributed by atoms with Gasteiger partial charge in [-0.1, -0.05) is 0 Å². The molecule has 0 unspecified atom stereocenters. The molecule has 0 spiro atoms. The van der Waals surface area contributed by atoms with E-state index < -0.39 is 10.0 Å². The van der Waals surface area contributed by atoms with Crippen LogP contribution in [0.4, 0.5) is 0 Å². The number of amides is 1. The summed E-state index contributed by atoms with van der Waals surface area (Å²) in [6.45, 7) is 2.21. The summed E-state index contributed by atoms with van der Waals surface area (Å²) < 4.78 is 29.0. The van der Waals surface area contributed by atoms with Gasteiger partial charge in [0.2, 0.25) is 10.0 Å². The molecule has 2 fully saturated rings. The second-order valence-electron chi connectivity index (χ2n) is 6.65. The van der Waals surface area contributed by atoms with Crippen molar-refractivity contribution >= 4 is 27.3 Å². The minimum Gasteiger partial charge on any atom is -0.336 e. The number of nitrogens with zero attached hydrogens (tertiary/aromatic N) is 5. The fraction of sp³-hybridized carbons (Fsp3) is 0.562. The fourth-order valence-corrected chi connectivity index (χ4v) is 6.51. The molecule has 2 saturated heterocycles. The van der Waals surface area contributed by atoms with Crippen molar-refractivity contribution in [3.8, 4) is 0 Å². The van der Waals surface area contributed by atoms with Gasteiger partial charge in [0.05, 0.1) is 6.04 Å². The van der Waals surface area contributed by atoms with Crippen molar-refractivity contribution < 1.29 is 13.2 Å². The fourth-order valence-electron chi connectivity index (χ4n) is 3.63. The summed E-state index contributed by atoms with van der Waals surface area (Å²) in [7, 11) is -3.60. The molecule has 2 aromatic heterocycles. The molecule has 0 saturated carbocycles. The normalized spacial score (nSPS) is 22.0. The standard InChI is InChI=1S/C16H21N5O3S2/c22-16(19-6-3-4-13(10-19)21-12-17-11-18-21)15-14(5-9-25-15)26(23,24)20-7-1-2-8-20/h5,9,11-13H,1-4,6-8,10H2/t13-/m0/s1. The van der Waals surface area contributed by atoms with Gasteiger partial charge in [0.1, 0.15) is 22.4 Å². The highest BCUT2D eigenvalue weighted by molar-refractivity contribution is 7.89. The third-order valence-electron chi connectivity index (χ3n) is 5.00. The number of sulfonamides is 1. The van der Waals surface area contributed by atoms with Crippen LogP contribution in [0.3, 0.4) is 0 Å². The second kappa shape index (κ2) is 7.09. The molecule has 0 aromatic carbocycles. The predicted molar refractivity (Wildman–Crippen MR) is 96.5 cm³/mol. The Morgan fingerprint density at radius 2 is 2.00 bits per heavy atom. The van der Waals surface area contributed by atoms with E-state index in [9.17, 15) is 13.2 Å². The third kappa shape index (κ3) is 3.17. The first-order valence-electron chi connectivity index (χ1n) is 8.78. The van der Waals surface area contributed by atoms with Gasteiger partial charge in [-0.2, -0.15) is 9.40 Å². The van der Waals surface area contributed by atoms with Gasteiger partial charge >= 0.3 is 0 Å². The summed E-state index contributed by atoms with van der Waals surface area (Å²) in [5, 5.41) is 5.86. The molecule has 4 heterocycles. The lowest BCUT2D eigenvalue weighted by atomic mass is 10.1. The average molecular weight is 396 g/mol. The first kappa shape index (κ1) is 17.6. The Morgan fingerprint density at radius 3 is 2.73 bits per heavy atom. The summed E-state index contributed by atoms with van der Waals surface area (Å²) in [4.78, 5) is 19.2. The van der Waals surface area contributed by atoms with Crippen molar-refractivity contribution in [1.29, 1.82) is 0 Å². The van der Waals surface area contributed by atoms with E-state index in [-0.39, 0.29) is 16.8 Å². The summed E-state index contributed by atoms with van der Waals surface area (Å²) in [6, 6.07) is 1.64. The van der Waals surface area contributed by atoms with E-state index in [0.29, 0.717) is 31.1 Å². The molecule has 8 nitrogen and oxygen atoms in total. The highest BCUT2D eigenvalue weighted by Gasteiger charge is 2.34. The van der Waals surface area contributed by atoms with Crippen LogP contribution < -0.4 is 0 Å². The number of hydrogen-bond donors (Lipinski definition) is 0. The van der Waals surface area contributed by atoms with Gasteiger partial charge in [-0.05, 0) is 37.1 Å². The van der Waals surface area contributed by atoms with E-state index in [2.05, 4.69) is 10.1 Å². The van der Waals surface area contributed by atoms with Crippen molar-refractivity contribution in [3.05, 3.63) is 29.0 Å². The molecule has 10 heteroatoms. The number of thiophene rings is 1. The van der Waals surface area contributed by atoms with E-state index in [4.69, 9.17) is 0 Å². The number of carbonyl (C=O) groups excluding carboxylic acids is 1. The quantitative estimate of drug-likeness (QED) is 0.785. The first-order valence-corrected chi connectivity index (χ1v) is 11.1. The SMILES string of the molecule is O=C(c1sccc1S(=O)(=O)N1CCCC1)N1CCC[C@H](n2cncn2)C1. The van der Waals surface area contributed by atoms with Crippen LogP contribution in [-0.2, 0) is 10.0 Å². The molecule has 1 atom stereocenters. The number of hydrogen-bond acceptors (Lipinski definition) is 6. The number of likely N-dealkylation sites (tertiary alicyclic amines) is 1. The molecule has 0 radical (unpaired) electrons. The van der Waals surface area contributed by atoms with E-state index in [1.54, 1.807) is 27.4 Å². The van der Waals surface area contributed by atoms with Gasteiger partial charge in [0, 0.05) is 26.2 Å². The van der Waals surface area contributed by atoms with E-state index in [0.717, 1.165) is 25.7 Å². The predicted octanol–water partition coefficient (Wildman–Crippen LogP) is 1.60. The summed E-state index contributed by atoms with van der Waals surface area (Å²) in [5.41, 5.74) is 0. The maximum atomic E-state index is 13.1. The molecular formula is C16H21N5O3S2. The number of carbonyl (C=O) groups is 1.